The molecule has 1 amide bonds. The molecule has 10 nitrogen and oxygen atoms in total. The zero-order valence-corrected chi connectivity index (χ0v) is 23.3. The van der Waals surface area contributed by atoms with Crippen LogP contribution in [-0.2, 0) is 13.0 Å². The van der Waals surface area contributed by atoms with Crippen molar-refractivity contribution in [3.63, 3.8) is 0 Å². The van der Waals surface area contributed by atoms with Crippen molar-refractivity contribution >= 4 is 40.0 Å². The first-order valence-electron chi connectivity index (χ1n) is 13.8. The summed E-state index contributed by atoms with van der Waals surface area (Å²) in [4.78, 5) is 26.9. The number of nitriles is 1. The Bertz CT molecular complexity index is 1540. The lowest BCUT2D eigenvalue weighted by molar-refractivity contribution is 0.118. The van der Waals surface area contributed by atoms with Crippen LogP contribution in [-0.4, -0.2) is 70.4 Å². The Morgan fingerprint density at radius 2 is 2.05 bits per heavy atom. The third-order valence-electron chi connectivity index (χ3n) is 8.47. The van der Waals surface area contributed by atoms with Crippen molar-refractivity contribution in [1.82, 2.24) is 14.9 Å². The summed E-state index contributed by atoms with van der Waals surface area (Å²) < 4.78 is 20.5. The number of amides is 1. The van der Waals surface area contributed by atoms with E-state index >= 15 is 0 Å². The van der Waals surface area contributed by atoms with E-state index in [1.165, 1.54) is 11.0 Å². The van der Waals surface area contributed by atoms with Gasteiger partial charge in [0.1, 0.15) is 18.2 Å². The quantitative estimate of drug-likeness (QED) is 0.438. The number of anilines is 2. The Balaban J connectivity index is 1.36. The van der Waals surface area contributed by atoms with E-state index in [4.69, 9.17) is 32.0 Å². The van der Waals surface area contributed by atoms with E-state index in [9.17, 15) is 19.6 Å². The van der Waals surface area contributed by atoms with E-state index < -0.39 is 18.0 Å². The number of nitrogens with zero attached hydrogens (tertiary/aromatic N) is 6. The van der Waals surface area contributed by atoms with Crippen molar-refractivity contribution in [3.05, 3.63) is 52.4 Å². The molecule has 1 aliphatic carbocycles. The molecule has 3 heterocycles. The molecule has 1 aromatic heterocycles. The van der Waals surface area contributed by atoms with Crippen molar-refractivity contribution in [3.8, 4) is 12.1 Å². The third kappa shape index (κ3) is 5.18. The maximum atomic E-state index is 14.5. The minimum atomic E-state index is -1.03. The highest BCUT2D eigenvalue weighted by Gasteiger charge is 2.36. The fourth-order valence-electron chi connectivity index (χ4n) is 6.04. The molecule has 0 unspecified atom stereocenters. The van der Waals surface area contributed by atoms with Gasteiger partial charge >= 0.3 is 12.1 Å². The summed E-state index contributed by atoms with van der Waals surface area (Å²) in [5.74, 6) is 0.225. The standard InChI is InChI=1S/C29H31ClFN7O3/c30-25-21(31)6-5-18-3-1-4-23(24(18)25)36-12-8-20-22(16-36)34-27(41-17-29(33)9-2-10-29)35-26(20)37-13-14-38(28(39)40)19(15-37)7-11-32/h1,3-6,19H,2,7-10,12-17,33H2,(H,39,40)/t19-/m0/s1. The molecule has 0 spiro atoms. The fraction of sp³-hybridized carbons (Fsp3) is 0.448. The van der Waals surface area contributed by atoms with Crippen LogP contribution in [0, 0.1) is 17.1 Å². The predicted octanol–water partition coefficient (Wildman–Crippen LogP) is 4.33. The Morgan fingerprint density at radius 1 is 1.22 bits per heavy atom. The normalized spacial score (nSPS) is 19.9. The first kappa shape index (κ1) is 27.3. The third-order valence-corrected chi connectivity index (χ3v) is 8.84. The van der Waals surface area contributed by atoms with Gasteiger partial charge in [-0.3, -0.25) is 0 Å². The summed E-state index contributed by atoms with van der Waals surface area (Å²) in [5, 5.41) is 20.6. The highest BCUT2D eigenvalue weighted by atomic mass is 35.5. The number of nitrogens with two attached hydrogens (primary N) is 1. The summed E-state index contributed by atoms with van der Waals surface area (Å²) in [5.41, 5.74) is 8.57. The molecule has 214 valence electrons. The van der Waals surface area contributed by atoms with Gasteiger partial charge in [0.05, 0.1) is 41.3 Å². The highest BCUT2D eigenvalue weighted by Crippen LogP contribution is 2.38. The number of piperazine rings is 1. The molecule has 3 aliphatic rings. The molecule has 1 saturated carbocycles. The predicted molar refractivity (Wildman–Crippen MR) is 153 cm³/mol. The van der Waals surface area contributed by atoms with Gasteiger partial charge in [-0.15, -0.1) is 0 Å². The molecule has 0 radical (unpaired) electrons. The minimum absolute atomic E-state index is 0.0846. The lowest BCUT2D eigenvalue weighted by atomic mass is 9.78. The molecule has 1 atom stereocenters. The molecular weight excluding hydrogens is 549 g/mol. The molecule has 41 heavy (non-hydrogen) atoms. The lowest BCUT2D eigenvalue weighted by Gasteiger charge is -2.41. The van der Waals surface area contributed by atoms with Gasteiger partial charge < -0.3 is 30.3 Å². The lowest BCUT2D eigenvalue weighted by Crippen LogP contribution is -2.55. The summed E-state index contributed by atoms with van der Waals surface area (Å²) in [7, 11) is 0. The van der Waals surface area contributed by atoms with Crippen molar-refractivity contribution in [2.24, 2.45) is 5.73 Å². The Kier molecular flexibility index (Phi) is 7.21. The maximum absolute atomic E-state index is 14.5. The largest absolute Gasteiger partial charge is 0.465 e. The monoisotopic (exact) mass is 579 g/mol. The van der Waals surface area contributed by atoms with E-state index in [-0.39, 0.29) is 29.5 Å². The summed E-state index contributed by atoms with van der Waals surface area (Å²) in [6, 6.07) is 10.7. The number of halogens is 2. The topological polar surface area (TPSA) is 132 Å². The molecule has 2 aromatic carbocycles. The number of hydrogen-bond donors (Lipinski definition) is 2. The van der Waals surface area contributed by atoms with E-state index in [0.29, 0.717) is 50.4 Å². The van der Waals surface area contributed by atoms with Crippen LogP contribution in [0.1, 0.15) is 36.9 Å². The molecule has 2 fully saturated rings. The second kappa shape index (κ2) is 10.8. The number of hydrogen-bond acceptors (Lipinski definition) is 8. The van der Waals surface area contributed by atoms with Crippen LogP contribution < -0.4 is 20.3 Å². The molecule has 0 bridgehead atoms. The molecule has 3 N–H and O–H groups in total. The van der Waals surface area contributed by atoms with Crippen molar-refractivity contribution in [1.29, 1.82) is 5.26 Å². The van der Waals surface area contributed by atoms with Crippen LogP contribution in [0.3, 0.4) is 0 Å². The summed E-state index contributed by atoms with van der Waals surface area (Å²) in [6.45, 7) is 2.38. The van der Waals surface area contributed by atoms with Crippen molar-refractivity contribution in [2.75, 3.05) is 42.6 Å². The average molecular weight is 580 g/mol. The maximum Gasteiger partial charge on any atom is 0.407 e. The Hall–Kier alpha value is -3.88. The smallest absolute Gasteiger partial charge is 0.407 e. The number of benzene rings is 2. The van der Waals surface area contributed by atoms with E-state index in [1.54, 1.807) is 6.07 Å². The van der Waals surface area contributed by atoms with E-state index in [1.807, 2.05) is 23.1 Å². The van der Waals surface area contributed by atoms with Gasteiger partial charge in [-0.05, 0) is 43.2 Å². The summed E-state index contributed by atoms with van der Waals surface area (Å²) >= 11 is 6.44. The Morgan fingerprint density at radius 3 is 2.78 bits per heavy atom. The van der Waals surface area contributed by atoms with E-state index in [0.717, 1.165) is 41.6 Å². The zero-order chi connectivity index (χ0) is 28.7. The van der Waals surface area contributed by atoms with Crippen LogP contribution in [0.5, 0.6) is 6.01 Å². The van der Waals surface area contributed by atoms with Gasteiger partial charge in [0.25, 0.3) is 0 Å². The minimum Gasteiger partial charge on any atom is -0.465 e. The number of carboxylic acid groups (broad SMARTS) is 1. The average Bonchev–Trinajstić information content (AvgIpc) is 2.96. The van der Waals surface area contributed by atoms with Crippen LogP contribution in [0.2, 0.25) is 5.02 Å². The van der Waals surface area contributed by atoms with Crippen molar-refractivity contribution in [2.45, 2.75) is 50.2 Å². The van der Waals surface area contributed by atoms with Crippen LogP contribution >= 0.6 is 11.6 Å². The first-order valence-corrected chi connectivity index (χ1v) is 14.2. The van der Waals surface area contributed by atoms with Crippen LogP contribution in [0.25, 0.3) is 10.8 Å². The molecule has 12 heteroatoms. The molecular formula is C29H31ClFN7O3. The van der Waals surface area contributed by atoms with Gasteiger partial charge in [-0.25, -0.2) is 9.18 Å². The van der Waals surface area contributed by atoms with Gasteiger partial charge in [0, 0.05) is 42.8 Å². The van der Waals surface area contributed by atoms with Crippen LogP contribution in [0.4, 0.5) is 20.7 Å². The van der Waals surface area contributed by atoms with Crippen molar-refractivity contribution < 1.29 is 19.0 Å². The summed E-state index contributed by atoms with van der Waals surface area (Å²) in [6.07, 6.45) is 2.48. The molecule has 3 aromatic rings. The number of carbonyl (C=O) groups is 1. The SMILES string of the molecule is N#CC[C@H]1CN(c2nc(OCC3(N)CCC3)nc3c2CCN(c2cccc4ccc(F)c(Cl)c24)C3)CCN1C(=O)O. The second-order valence-corrected chi connectivity index (χ2v) is 11.5. The van der Waals surface area contributed by atoms with Gasteiger partial charge in [-0.2, -0.15) is 15.2 Å². The number of fused-ring (bicyclic) bond motifs is 2. The first-order chi connectivity index (χ1) is 19.8. The van der Waals surface area contributed by atoms with Gasteiger partial charge in [0.2, 0.25) is 0 Å². The molecule has 2 aliphatic heterocycles. The molecule has 1 saturated heterocycles. The van der Waals surface area contributed by atoms with Gasteiger partial charge in [-0.1, -0.05) is 29.8 Å². The van der Waals surface area contributed by atoms with E-state index in [2.05, 4.69) is 11.0 Å². The molecule has 6 rings (SSSR count). The Labute approximate surface area is 242 Å². The number of rotatable bonds is 6. The van der Waals surface area contributed by atoms with Crippen LogP contribution in [0.15, 0.2) is 30.3 Å². The highest BCUT2D eigenvalue weighted by molar-refractivity contribution is 6.36. The fourth-order valence-corrected chi connectivity index (χ4v) is 6.31. The van der Waals surface area contributed by atoms with Gasteiger partial charge in [0.15, 0.2) is 0 Å². The second-order valence-electron chi connectivity index (χ2n) is 11.1. The number of aromatic nitrogens is 2. The number of ether oxygens (including phenoxy) is 1. The zero-order valence-electron chi connectivity index (χ0n) is 22.5.